The van der Waals surface area contributed by atoms with Gasteiger partial charge in [-0.2, -0.15) is 0 Å². The molecular weight excluding hydrogens is 370 g/mol. The van der Waals surface area contributed by atoms with Gasteiger partial charge in [-0.05, 0) is 48.0 Å². The minimum absolute atomic E-state index is 0.0326. The molecule has 5 nitrogen and oxygen atoms in total. The van der Waals surface area contributed by atoms with Gasteiger partial charge in [0.25, 0.3) is 11.1 Å². The quantitative estimate of drug-likeness (QED) is 0.595. The average molecular weight is 396 g/mol. The zero-order chi connectivity index (χ0) is 20.3. The molecule has 1 aromatic heterocycles. The summed E-state index contributed by atoms with van der Waals surface area (Å²) in [6.07, 6.45) is 1.93. The number of benzene rings is 2. The van der Waals surface area contributed by atoms with Gasteiger partial charge in [-0.3, -0.25) is 9.59 Å². The first-order chi connectivity index (χ1) is 13.3. The highest BCUT2D eigenvalue weighted by Crippen LogP contribution is 2.25. The number of amides is 2. The number of aromatic nitrogens is 1. The molecule has 0 unspecified atom stereocenters. The van der Waals surface area contributed by atoms with E-state index in [0.717, 1.165) is 34.1 Å². The Bertz CT molecular complexity index is 991. The van der Waals surface area contributed by atoms with Gasteiger partial charge < -0.3 is 14.8 Å². The number of para-hydroxylation sites is 1. The maximum atomic E-state index is 12.9. The molecule has 0 atom stereocenters. The Morgan fingerprint density at radius 3 is 2.39 bits per heavy atom. The summed E-state index contributed by atoms with van der Waals surface area (Å²) < 4.78 is 2.14. The summed E-state index contributed by atoms with van der Waals surface area (Å²) in [6.45, 7) is 5.18. The summed E-state index contributed by atoms with van der Waals surface area (Å²) >= 11 is 1.16. The van der Waals surface area contributed by atoms with Gasteiger partial charge in [-0.25, -0.2) is 0 Å². The molecule has 0 aliphatic carbocycles. The molecule has 0 saturated heterocycles. The number of hydrogen-bond donors (Lipinski definition) is 1. The summed E-state index contributed by atoms with van der Waals surface area (Å²) in [5, 5.41) is 3.88. The van der Waals surface area contributed by atoms with E-state index in [1.165, 1.54) is 4.90 Å². The molecule has 1 heterocycles. The van der Waals surface area contributed by atoms with E-state index in [2.05, 4.69) is 23.7 Å². The average Bonchev–Trinajstić information content (AvgIpc) is 3.01. The third kappa shape index (κ3) is 4.57. The number of hydrogen-bond acceptors (Lipinski definition) is 3. The Balaban J connectivity index is 1.79. The van der Waals surface area contributed by atoms with Crippen LogP contribution in [-0.4, -0.2) is 34.7 Å². The lowest BCUT2D eigenvalue weighted by Crippen LogP contribution is -2.16. The fraction of sp³-hybridized carbons (Fsp3) is 0.273. The molecule has 28 heavy (non-hydrogen) atoms. The summed E-state index contributed by atoms with van der Waals surface area (Å²) in [5.74, 6) is 0.352. The summed E-state index contributed by atoms with van der Waals surface area (Å²) in [7, 11) is 3.44. The molecule has 0 saturated carbocycles. The molecule has 0 spiro atoms. The first-order valence-electron chi connectivity index (χ1n) is 9.23. The van der Waals surface area contributed by atoms with E-state index in [1.54, 1.807) is 14.1 Å². The number of anilines is 1. The lowest BCUT2D eigenvalue weighted by atomic mass is 10.1. The third-order valence-electron chi connectivity index (χ3n) is 4.28. The van der Waals surface area contributed by atoms with Crippen molar-refractivity contribution in [2.75, 3.05) is 19.4 Å². The first kappa shape index (κ1) is 20.0. The fourth-order valence-corrected chi connectivity index (χ4v) is 3.63. The van der Waals surface area contributed by atoms with E-state index in [0.29, 0.717) is 17.2 Å². The molecule has 3 aromatic rings. The summed E-state index contributed by atoms with van der Waals surface area (Å²) in [5.41, 5.74) is 2.43. The van der Waals surface area contributed by atoms with Gasteiger partial charge in [0.05, 0.1) is 5.56 Å². The van der Waals surface area contributed by atoms with E-state index in [1.807, 2.05) is 54.7 Å². The molecule has 0 aliphatic heterocycles. The lowest BCUT2D eigenvalue weighted by Gasteiger charge is -2.09. The van der Waals surface area contributed by atoms with Gasteiger partial charge in [0, 0.05) is 48.3 Å². The Labute approximate surface area is 169 Å². The van der Waals surface area contributed by atoms with Gasteiger partial charge in [0.15, 0.2) is 0 Å². The molecule has 2 amide bonds. The molecule has 0 radical (unpaired) electrons. The van der Waals surface area contributed by atoms with Crippen LogP contribution in [0, 0.1) is 5.92 Å². The number of fused-ring (bicyclic) bond motifs is 1. The molecule has 0 bridgehead atoms. The molecule has 2 aromatic carbocycles. The maximum Gasteiger partial charge on any atom is 0.285 e. The predicted octanol–water partition coefficient (Wildman–Crippen LogP) is 5.32. The standard InChI is InChI=1S/C22H25N3O2S/c1-15(2)13-25-14-19(18-7-5-6-8-20(18)25)21(26)23-16-9-11-17(12-10-16)28-22(27)24(3)4/h5-12,14-15H,13H2,1-4H3,(H,23,26). The van der Waals surface area contributed by atoms with Crippen molar-refractivity contribution >= 4 is 39.5 Å². The second kappa shape index (κ2) is 8.52. The van der Waals surface area contributed by atoms with Crippen molar-refractivity contribution in [2.45, 2.75) is 25.3 Å². The van der Waals surface area contributed by atoms with E-state index in [-0.39, 0.29) is 11.1 Å². The lowest BCUT2D eigenvalue weighted by molar-refractivity contribution is 0.102. The SMILES string of the molecule is CC(C)Cn1cc(C(=O)Nc2ccc(SC(=O)N(C)C)cc2)c2ccccc21. The Kier molecular flexibility index (Phi) is 6.09. The largest absolute Gasteiger partial charge is 0.346 e. The fourth-order valence-electron chi connectivity index (χ4n) is 2.97. The van der Waals surface area contributed by atoms with Crippen LogP contribution in [0.5, 0.6) is 0 Å². The molecular formula is C22H25N3O2S. The van der Waals surface area contributed by atoms with Gasteiger partial charge >= 0.3 is 0 Å². The van der Waals surface area contributed by atoms with E-state index in [9.17, 15) is 9.59 Å². The Morgan fingerprint density at radius 1 is 1.07 bits per heavy atom. The highest BCUT2D eigenvalue weighted by Gasteiger charge is 2.16. The van der Waals surface area contributed by atoms with Crippen molar-refractivity contribution in [1.29, 1.82) is 0 Å². The smallest absolute Gasteiger partial charge is 0.285 e. The van der Waals surface area contributed by atoms with Crippen LogP contribution in [0.3, 0.4) is 0 Å². The number of carbonyl (C=O) groups excluding carboxylic acids is 2. The van der Waals surface area contributed by atoms with Gasteiger partial charge in [-0.1, -0.05) is 32.0 Å². The number of nitrogens with zero attached hydrogens (tertiary/aromatic N) is 2. The molecule has 6 heteroatoms. The minimum atomic E-state index is -0.136. The zero-order valence-electron chi connectivity index (χ0n) is 16.6. The zero-order valence-corrected chi connectivity index (χ0v) is 17.4. The van der Waals surface area contributed by atoms with Gasteiger partial charge in [0.1, 0.15) is 0 Å². The van der Waals surface area contributed by atoms with Crippen LogP contribution in [0.2, 0.25) is 0 Å². The highest BCUT2D eigenvalue weighted by atomic mass is 32.2. The second-order valence-corrected chi connectivity index (χ2v) is 8.37. The predicted molar refractivity (Wildman–Crippen MR) is 116 cm³/mol. The monoisotopic (exact) mass is 395 g/mol. The molecule has 146 valence electrons. The molecule has 3 rings (SSSR count). The third-order valence-corrected chi connectivity index (χ3v) is 5.33. The van der Waals surface area contributed by atoms with E-state index >= 15 is 0 Å². The van der Waals surface area contributed by atoms with Crippen LogP contribution < -0.4 is 5.32 Å². The number of thioether (sulfide) groups is 1. The van der Waals surface area contributed by atoms with Gasteiger partial charge in [0.2, 0.25) is 0 Å². The second-order valence-electron chi connectivity index (χ2n) is 7.35. The summed E-state index contributed by atoms with van der Waals surface area (Å²) in [6, 6.07) is 15.3. The van der Waals surface area contributed by atoms with Crippen molar-refractivity contribution in [2.24, 2.45) is 5.92 Å². The Hall–Kier alpha value is -2.73. The van der Waals surface area contributed by atoms with E-state index in [4.69, 9.17) is 0 Å². The molecule has 0 aliphatic rings. The Morgan fingerprint density at radius 2 is 1.75 bits per heavy atom. The summed E-state index contributed by atoms with van der Waals surface area (Å²) in [4.78, 5) is 27.0. The van der Waals surface area contributed by atoms with Crippen molar-refractivity contribution in [3.8, 4) is 0 Å². The van der Waals surface area contributed by atoms with Crippen molar-refractivity contribution < 1.29 is 9.59 Å². The van der Waals surface area contributed by atoms with Crippen LogP contribution in [0.15, 0.2) is 59.6 Å². The normalized spacial score (nSPS) is 11.0. The highest BCUT2D eigenvalue weighted by molar-refractivity contribution is 8.13. The number of rotatable bonds is 5. The number of nitrogens with one attached hydrogen (secondary N) is 1. The molecule has 1 N–H and O–H groups in total. The van der Waals surface area contributed by atoms with Crippen LogP contribution >= 0.6 is 11.8 Å². The van der Waals surface area contributed by atoms with Crippen LogP contribution in [-0.2, 0) is 6.54 Å². The van der Waals surface area contributed by atoms with Crippen molar-refractivity contribution in [3.63, 3.8) is 0 Å². The maximum absolute atomic E-state index is 12.9. The van der Waals surface area contributed by atoms with E-state index < -0.39 is 0 Å². The van der Waals surface area contributed by atoms with Crippen LogP contribution in [0.4, 0.5) is 10.5 Å². The van der Waals surface area contributed by atoms with Crippen molar-refractivity contribution in [3.05, 3.63) is 60.3 Å². The van der Waals surface area contributed by atoms with Crippen LogP contribution in [0.1, 0.15) is 24.2 Å². The van der Waals surface area contributed by atoms with Crippen molar-refractivity contribution in [1.82, 2.24) is 9.47 Å². The molecule has 0 fully saturated rings. The van der Waals surface area contributed by atoms with Crippen LogP contribution in [0.25, 0.3) is 10.9 Å². The topological polar surface area (TPSA) is 54.3 Å². The van der Waals surface area contributed by atoms with Gasteiger partial charge in [-0.15, -0.1) is 0 Å². The first-order valence-corrected chi connectivity index (χ1v) is 10.0. The number of carbonyl (C=O) groups is 2. The minimum Gasteiger partial charge on any atom is -0.346 e.